The Morgan fingerprint density at radius 3 is 2.62 bits per heavy atom. The smallest absolute Gasteiger partial charge is 0.328 e. The number of rotatable bonds is 7. The van der Waals surface area contributed by atoms with Gasteiger partial charge in [-0.15, -0.1) is 0 Å². The maximum absolute atomic E-state index is 13.8. The summed E-state index contributed by atoms with van der Waals surface area (Å²) in [7, 11) is 0. The molecule has 2 aromatic rings. The van der Waals surface area contributed by atoms with Crippen molar-refractivity contribution < 1.29 is 23.9 Å². The maximum atomic E-state index is 13.8. The lowest BCUT2D eigenvalue weighted by Crippen LogP contribution is -2.51. The van der Waals surface area contributed by atoms with Gasteiger partial charge in [0, 0.05) is 31.8 Å². The van der Waals surface area contributed by atoms with Crippen molar-refractivity contribution in [2.45, 2.75) is 57.0 Å². The number of pyridine rings is 1. The third-order valence-electron chi connectivity index (χ3n) is 6.63. The summed E-state index contributed by atoms with van der Waals surface area (Å²) >= 11 is 0. The second kappa shape index (κ2) is 10.2. The summed E-state index contributed by atoms with van der Waals surface area (Å²) in [4.78, 5) is 59.8. The van der Waals surface area contributed by atoms with Gasteiger partial charge in [0.05, 0.1) is 18.6 Å². The number of esters is 1. The first kappa shape index (κ1) is 23.6. The highest BCUT2D eigenvalue weighted by molar-refractivity contribution is 6.10. The number of imide groups is 1. The second-order valence-electron chi connectivity index (χ2n) is 8.80. The van der Waals surface area contributed by atoms with Crippen LogP contribution in [0.1, 0.15) is 50.2 Å². The molecular formula is C26H29N3O5. The summed E-state index contributed by atoms with van der Waals surface area (Å²) < 4.78 is 5.20. The van der Waals surface area contributed by atoms with E-state index in [1.54, 1.807) is 55.7 Å². The number of amides is 3. The summed E-state index contributed by atoms with van der Waals surface area (Å²) in [5, 5.41) is 0. The fourth-order valence-electron chi connectivity index (χ4n) is 4.93. The summed E-state index contributed by atoms with van der Waals surface area (Å²) in [6.45, 7) is 2.50. The van der Waals surface area contributed by atoms with Crippen molar-refractivity contribution in [1.29, 1.82) is 0 Å². The first-order chi connectivity index (χ1) is 16.5. The van der Waals surface area contributed by atoms with E-state index in [0.717, 1.165) is 18.4 Å². The molecule has 0 aliphatic carbocycles. The molecule has 3 heterocycles. The fourth-order valence-corrected chi connectivity index (χ4v) is 4.93. The van der Waals surface area contributed by atoms with Crippen molar-refractivity contribution in [3.8, 4) is 0 Å². The first-order valence-electron chi connectivity index (χ1n) is 11.7. The molecule has 2 aliphatic rings. The Morgan fingerprint density at radius 2 is 1.91 bits per heavy atom. The molecule has 1 aromatic heterocycles. The number of aromatic nitrogens is 1. The van der Waals surface area contributed by atoms with E-state index in [1.165, 1.54) is 9.80 Å². The van der Waals surface area contributed by atoms with Crippen molar-refractivity contribution in [3.63, 3.8) is 0 Å². The largest absolute Gasteiger partial charge is 0.464 e. The van der Waals surface area contributed by atoms with Crippen LogP contribution in [0, 0.1) is 0 Å². The van der Waals surface area contributed by atoms with Gasteiger partial charge in [-0.05, 0) is 43.4 Å². The second-order valence-corrected chi connectivity index (χ2v) is 8.80. The van der Waals surface area contributed by atoms with Gasteiger partial charge in [0.2, 0.25) is 17.7 Å². The van der Waals surface area contributed by atoms with Crippen LogP contribution in [0.4, 0.5) is 0 Å². The van der Waals surface area contributed by atoms with E-state index in [9.17, 15) is 19.2 Å². The number of carbonyl (C=O) groups excluding carboxylic acids is 4. The number of hydrogen-bond acceptors (Lipinski definition) is 6. The van der Waals surface area contributed by atoms with Crippen LogP contribution in [0.2, 0.25) is 0 Å². The van der Waals surface area contributed by atoms with Crippen LogP contribution >= 0.6 is 0 Å². The number of benzene rings is 1. The molecule has 3 amide bonds. The Balaban J connectivity index is 1.64. The van der Waals surface area contributed by atoms with Crippen molar-refractivity contribution in [2.24, 2.45) is 0 Å². The molecule has 2 atom stereocenters. The predicted octanol–water partition coefficient (Wildman–Crippen LogP) is 2.61. The molecule has 1 aromatic carbocycles. The normalized spacial score (nSPS) is 22.7. The van der Waals surface area contributed by atoms with Crippen LogP contribution in [0.3, 0.4) is 0 Å². The number of hydrogen-bond donors (Lipinski definition) is 0. The van der Waals surface area contributed by atoms with Gasteiger partial charge in [-0.2, -0.15) is 0 Å². The number of carbonyl (C=O) groups is 4. The lowest BCUT2D eigenvalue weighted by atomic mass is 9.75. The van der Waals surface area contributed by atoms with Crippen LogP contribution in [0.15, 0.2) is 54.9 Å². The minimum atomic E-state index is -1.31. The van der Waals surface area contributed by atoms with Crippen LogP contribution in [-0.2, 0) is 35.9 Å². The van der Waals surface area contributed by atoms with Crippen molar-refractivity contribution in [3.05, 3.63) is 66.0 Å². The highest BCUT2D eigenvalue weighted by atomic mass is 16.5. The van der Waals surface area contributed by atoms with Crippen molar-refractivity contribution in [2.75, 3.05) is 13.2 Å². The molecule has 0 unspecified atom stereocenters. The van der Waals surface area contributed by atoms with Gasteiger partial charge in [-0.25, -0.2) is 4.79 Å². The Morgan fingerprint density at radius 1 is 1.12 bits per heavy atom. The lowest BCUT2D eigenvalue weighted by Gasteiger charge is -2.36. The number of nitrogens with zero attached hydrogens (tertiary/aromatic N) is 3. The minimum absolute atomic E-state index is 0.0975. The van der Waals surface area contributed by atoms with E-state index < -0.39 is 23.3 Å². The molecule has 178 valence electrons. The molecule has 0 spiro atoms. The minimum Gasteiger partial charge on any atom is -0.464 e. The van der Waals surface area contributed by atoms with Gasteiger partial charge in [0.15, 0.2) is 0 Å². The molecule has 4 rings (SSSR count). The summed E-state index contributed by atoms with van der Waals surface area (Å²) in [6, 6.07) is 11.9. The molecular weight excluding hydrogens is 434 g/mol. The molecule has 8 nitrogen and oxygen atoms in total. The van der Waals surface area contributed by atoms with Gasteiger partial charge in [0.25, 0.3) is 0 Å². The van der Waals surface area contributed by atoms with Gasteiger partial charge in [-0.1, -0.05) is 36.4 Å². The SMILES string of the molecule is CCOC(=O)[C@@H]1CCCCN1C(=O)C[C@@]1(c2ccccc2)CC(=O)N(Cc2cccnc2)C1=O. The number of ether oxygens (including phenoxy) is 1. The quantitative estimate of drug-likeness (QED) is 0.463. The molecule has 0 bridgehead atoms. The predicted molar refractivity (Wildman–Crippen MR) is 123 cm³/mol. The summed E-state index contributed by atoms with van der Waals surface area (Å²) in [5.41, 5.74) is 0.0479. The monoisotopic (exact) mass is 463 g/mol. The lowest BCUT2D eigenvalue weighted by molar-refractivity contribution is -0.157. The van der Waals surface area contributed by atoms with E-state index in [2.05, 4.69) is 4.98 Å². The van der Waals surface area contributed by atoms with Gasteiger partial charge >= 0.3 is 5.97 Å². The fraction of sp³-hybridized carbons (Fsp3) is 0.423. The van der Waals surface area contributed by atoms with Gasteiger partial charge < -0.3 is 9.64 Å². The molecule has 2 aliphatic heterocycles. The van der Waals surface area contributed by atoms with Gasteiger partial charge in [-0.3, -0.25) is 24.3 Å². The molecule has 34 heavy (non-hydrogen) atoms. The van der Waals surface area contributed by atoms with E-state index >= 15 is 0 Å². The molecule has 2 fully saturated rings. The first-order valence-corrected chi connectivity index (χ1v) is 11.7. The standard InChI is InChI=1S/C26H29N3O5/c1-2-34-24(32)21-12-6-7-14-28(21)22(30)15-26(20-10-4-3-5-11-20)16-23(31)29(25(26)33)18-19-9-8-13-27-17-19/h3-5,8-11,13,17,21H,2,6-7,12,14-16,18H2,1H3/t21-,26-/m0/s1. The number of piperidine rings is 1. The van der Waals surface area contributed by atoms with E-state index in [1.807, 2.05) is 6.07 Å². The molecule has 2 saturated heterocycles. The van der Waals surface area contributed by atoms with E-state index in [-0.39, 0.29) is 37.8 Å². The zero-order valence-electron chi connectivity index (χ0n) is 19.3. The van der Waals surface area contributed by atoms with Crippen LogP contribution in [0.25, 0.3) is 0 Å². The Kier molecular flexibility index (Phi) is 7.05. The summed E-state index contributed by atoms with van der Waals surface area (Å²) in [6.07, 6.45) is 5.10. The van der Waals surface area contributed by atoms with E-state index in [0.29, 0.717) is 18.5 Å². The topological polar surface area (TPSA) is 96.9 Å². The summed E-state index contributed by atoms with van der Waals surface area (Å²) in [5.74, 6) is -1.46. The maximum Gasteiger partial charge on any atom is 0.328 e. The Bertz CT molecular complexity index is 1060. The molecule has 0 saturated carbocycles. The zero-order valence-corrected chi connectivity index (χ0v) is 19.3. The van der Waals surface area contributed by atoms with Crippen molar-refractivity contribution in [1.82, 2.24) is 14.8 Å². The highest BCUT2D eigenvalue weighted by Crippen LogP contribution is 2.41. The zero-order chi connectivity index (χ0) is 24.1. The Hall–Kier alpha value is -3.55. The molecule has 0 radical (unpaired) electrons. The van der Waals surface area contributed by atoms with E-state index in [4.69, 9.17) is 4.74 Å². The Labute approximate surface area is 198 Å². The third-order valence-corrected chi connectivity index (χ3v) is 6.63. The van der Waals surface area contributed by atoms with Crippen molar-refractivity contribution >= 4 is 23.7 Å². The highest BCUT2D eigenvalue weighted by Gasteiger charge is 2.54. The van der Waals surface area contributed by atoms with Crippen LogP contribution in [-0.4, -0.2) is 57.7 Å². The molecule has 0 N–H and O–H groups in total. The number of likely N-dealkylation sites (tertiary alicyclic amines) is 2. The van der Waals surface area contributed by atoms with Gasteiger partial charge in [0.1, 0.15) is 6.04 Å². The van der Waals surface area contributed by atoms with Crippen LogP contribution < -0.4 is 0 Å². The van der Waals surface area contributed by atoms with Crippen LogP contribution in [0.5, 0.6) is 0 Å². The average Bonchev–Trinajstić information content (AvgIpc) is 3.10. The average molecular weight is 464 g/mol. The third kappa shape index (κ3) is 4.58. The molecule has 8 heteroatoms.